The summed E-state index contributed by atoms with van der Waals surface area (Å²) in [5.41, 5.74) is 10.1. The third-order valence-electron chi connectivity index (χ3n) is 3.36. The molecule has 16 heavy (non-hydrogen) atoms. The van der Waals surface area contributed by atoms with Gasteiger partial charge in [0.25, 0.3) is 0 Å². The predicted octanol–water partition coefficient (Wildman–Crippen LogP) is 3.23. The molecule has 0 radical (unpaired) electrons. The molecule has 3 heteroatoms. The number of nitrogens with two attached hydrogens (primary N) is 1. The third-order valence-corrected chi connectivity index (χ3v) is 4.44. The van der Waals surface area contributed by atoms with Crippen LogP contribution in [-0.2, 0) is 12.8 Å². The second-order valence-corrected chi connectivity index (χ2v) is 5.78. The Morgan fingerprint density at radius 2 is 1.88 bits per heavy atom. The first-order valence-electron chi connectivity index (χ1n) is 5.81. The highest BCUT2D eigenvalue weighted by Crippen LogP contribution is 2.40. The van der Waals surface area contributed by atoms with Crippen molar-refractivity contribution in [2.24, 2.45) is 5.73 Å². The highest BCUT2D eigenvalue weighted by atomic mass is 32.2. The molecule has 1 aromatic carbocycles. The van der Waals surface area contributed by atoms with Crippen LogP contribution in [0, 0.1) is 0 Å². The molecule has 3 N–H and O–H groups in total. The topological polar surface area (TPSA) is 38.0 Å². The van der Waals surface area contributed by atoms with Gasteiger partial charge in [0, 0.05) is 9.80 Å². The van der Waals surface area contributed by atoms with E-state index in [2.05, 4.69) is 24.4 Å². The zero-order valence-corrected chi connectivity index (χ0v) is 10.3. The van der Waals surface area contributed by atoms with Gasteiger partial charge in [0.15, 0.2) is 0 Å². The lowest BCUT2D eigenvalue weighted by atomic mass is 9.91. The SMILES string of the molecule is CC1=C(N)Nc2cc3c(cc2S1)CCCC3. The van der Waals surface area contributed by atoms with E-state index in [-0.39, 0.29) is 0 Å². The molecule has 2 nitrogen and oxygen atoms in total. The second-order valence-electron chi connectivity index (χ2n) is 4.52. The van der Waals surface area contributed by atoms with Crippen LogP contribution in [0.4, 0.5) is 5.69 Å². The van der Waals surface area contributed by atoms with Gasteiger partial charge in [0.1, 0.15) is 5.82 Å². The number of nitrogens with one attached hydrogen (secondary N) is 1. The molecule has 1 aromatic rings. The van der Waals surface area contributed by atoms with Gasteiger partial charge in [-0.15, -0.1) is 0 Å². The van der Waals surface area contributed by atoms with Crippen molar-refractivity contribution in [3.05, 3.63) is 34.0 Å². The summed E-state index contributed by atoms with van der Waals surface area (Å²) in [4.78, 5) is 2.50. The van der Waals surface area contributed by atoms with Crippen LogP contribution in [0.15, 0.2) is 27.8 Å². The number of aryl methyl sites for hydroxylation is 2. The number of hydrogen-bond donors (Lipinski definition) is 2. The normalized spacial score (nSPS) is 18.8. The standard InChI is InChI=1S/C13H16N2S/c1-8-13(14)15-11-6-9-4-2-3-5-10(9)7-12(11)16-8/h6-7,15H,2-5,14H2,1H3. The number of anilines is 1. The zero-order valence-electron chi connectivity index (χ0n) is 9.47. The molecule has 0 atom stereocenters. The van der Waals surface area contributed by atoms with Crippen LogP contribution in [0.1, 0.15) is 30.9 Å². The molecule has 0 saturated heterocycles. The minimum atomic E-state index is 0.799. The number of benzene rings is 1. The highest BCUT2D eigenvalue weighted by molar-refractivity contribution is 8.03. The van der Waals surface area contributed by atoms with Crippen molar-refractivity contribution in [3.8, 4) is 0 Å². The van der Waals surface area contributed by atoms with Crippen LogP contribution < -0.4 is 11.1 Å². The van der Waals surface area contributed by atoms with Crippen molar-refractivity contribution in [1.82, 2.24) is 0 Å². The third kappa shape index (κ3) is 1.59. The maximum Gasteiger partial charge on any atom is 0.110 e. The Hall–Kier alpha value is -1.09. The first kappa shape index (κ1) is 10.1. The predicted molar refractivity (Wildman–Crippen MR) is 69.5 cm³/mol. The van der Waals surface area contributed by atoms with Crippen molar-refractivity contribution >= 4 is 17.4 Å². The molecule has 1 aliphatic heterocycles. The van der Waals surface area contributed by atoms with Crippen molar-refractivity contribution in [3.63, 3.8) is 0 Å². The lowest BCUT2D eigenvalue weighted by Crippen LogP contribution is -2.15. The first-order valence-corrected chi connectivity index (χ1v) is 6.63. The fourth-order valence-corrected chi connectivity index (χ4v) is 3.31. The van der Waals surface area contributed by atoms with Crippen LogP contribution in [-0.4, -0.2) is 0 Å². The smallest absolute Gasteiger partial charge is 0.110 e. The van der Waals surface area contributed by atoms with Crippen LogP contribution >= 0.6 is 11.8 Å². The molecule has 0 unspecified atom stereocenters. The summed E-state index contributed by atoms with van der Waals surface area (Å²) in [6, 6.07) is 4.63. The summed E-state index contributed by atoms with van der Waals surface area (Å²) in [6.07, 6.45) is 5.11. The number of fused-ring (bicyclic) bond motifs is 2. The van der Waals surface area contributed by atoms with Crippen molar-refractivity contribution < 1.29 is 0 Å². The Morgan fingerprint density at radius 3 is 2.62 bits per heavy atom. The van der Waals surface area contributed by atoms with Gasteiger partial charge in [-0.25, -0.2) is 0 Å². The molecule has 0 fully saturated rings. The molecule has 1 aliphatic carbocycles. The van der Waals surface area contributed by atoms with Crippen LogP contribution in [0.3, 0.4) is 0 Å². The monoisotopic (exact) mass is 232 g/mol. The molecule has 2 aliphatic rings. The molecule has 1 heterocycles. The van der Waals surface area contributed by atoms with Gasteiger partial charge in [-0.05, 0) is 55.9 Å². The molecule has 0 aromatic heterocycles. The van der Waals surface area contributed by atoms with Gasteiger partial charge >= 0.3 is 0 Å². The molecule has 0 bridgehead atoms. The van der Waals surface area contributed by atoms with Gasteiger partial charge in [-0.2, -0.15) is 0 Å². The Bertz CT molecular complexity index is 434. The average Bonchev–Trinajstić information content (AvgIpc) is 2.28. The number of rotatable bonds is 0. The van der Waals surface area contributed by atoms with E-state index in [1.165, 1.54) is 52.3 Å². The van der Waals surface area contributed by atoms with E-state index in [0.29, 0.717) is 0 Å². The first-order chi connectivity index (χ1) is 7.74. The molecular formula is C13H16N2S. The van der Waals surface area contributed by atoms with Gasteiger partial charge in [0.05, 0.1) is 5.69 Å². The van der Waals surface area contributed by atoms with Gasteiger partial charge in [0.2, 0.25) is 0 Å². The quantitative estimate of drug-likeness (QED) is 0.721. The van der Waals surface area contributed by atoms with Gasteiger partial charge in [-0.3, -0.25) is 0 Å². The summed E-state index contributed by atoms with van der Waals surface area (Å²) in [6.45, 7) is 2.06. The van der Waals surface area contributed by atoms with E-state index >= 15 is 0 Å². The molecule has 84 valence electrons. The van der Waals surface area contributed by atoms with Crippen molar-refractivity contribution in [2.45, 2.75) is 37.5 Å². The Labute approximate surface area is 100 Å². The number of thioether (sulfide) groups is 1. The van der Waals surface area contributed by atoms with E-state index in [1.54, 1.807) is 11.8 Å². The molecule has 3 rings (SSSR count). The fraction of sp³-hybridized carbons (Fsp3) is 0.385. The maximum absolute atomic E-state index is 5.92. The Kier molecular flexibility index (Phi) is 2.36. The van der Waals surface area contributed by atoms with Gasteiger partial charge < -0.3 is 11.1 Å². The van der Waals surface area contributed by atoms with Crippen molar-refractivity contribution in [1.29, 1.82) is 0 Å². The van der Waals surface area contributed by atoms with Crippen molar-refractivity contribution in [2.75, 3.05) is 5.32 Å². The Balaban J connectivity index is 2.05. The highest BCUT2D eigenvalue weighted by Gasteiger charge is 2.18. The lowest BCUT2D eigenvalue weighted by Gasteiger charge is -2.24. The summed E-state index contributed by atoms with van der Waals surface area (Å²) in [7, 11) is 0. The average molecular weight is 232 g/mol. The van der Waals surface area contributed by atoms with Crippen LogP contribution in [0.2, 0.25) is 0 Å². The fourth-order valence-electron chi connectivity index (χ4n) is 2.40. The summed E-state index contributed by atoms with van der Waals surface area (Å²) in [5, 5.41) is 3.30. The minimum absolute atomic E-state index is 0.799. The zero-order chi connectivity index (χ0) is 11.1. The van der Waals surface area contributed by atoms with Crippen LogP contribution in [0.5, 0.6) is 0 Å². The maximum atomic E-state index is 5.92. The molecule has 0 spiro atoms. The minimum Gasteiger partial charge on any atom is -0.385 e. The van der Waals surface area contributed by atoms with Crippen LogP contribution in [0.25, 0.3) is 0 Å². The van der Waals surface area contributed by atoms with E-state index in [9.17, 15) is 0 Å². The van der Waals surface area contributed by atoms with E-state index in [0.717, 1.165) is 5.82 Å². The Morgan fingerprint density at radius 1 is 1.19 bits per heavy atom. The summed E-state index contributed by atoms with van der Waals surface area (Å²) in [5.74, 6) is 0.799. The summed E-state index contributed by atoms with van der Waals surface area (Å²) >= 11 is 1.78. The molecule has 0 saturated carbocycles. The molecule has 0 amide bonds. The van der Waals surface area contributed by atoms with E-state index in [1.807, 2.05) is 0 Å². The van der Waals surface area contributed by atoms with E-state index in [4.69, 9.17) is 5.73 Å². The van der Waals surface area contributed by atoms with Gasteiger partial charge in [-0.1, -0.05) is 11.8 Å². The lowest BCUT2D eigenvalue weighted by molar-refractivity contribution is 0.684. The number of allylic oxidation sites excluding steroid dienone is 1. The van der Waals surface area contributed by atoms with E-state index < -0.39 is 0 Å². The molecular weight excluding hydrogens is 216 g/mol. The largest absolute Gasteiger partial charge is 0.385 e. The second kappa shape index (κ2) is 3.74. The summed E-state index contributed by atoms with van der Waals surface area (Å²) < 4.78 is 0. The number of hydrogen-bond acceptors (Lipinski definition) is 3.